The highest BCUT2D eigenvalue weighted by Gasteiger charge is 2.05. The number of anilines is 1. The first-order valence-electron chi connectivity index (χ1n) is 10.6. The number of aromatic nitrogens is 3. The Hall–Kier alpha value is -2.10. The van der Waals surface area contributed by atoms with E-state index in [2.05, 4.69) is 47.6 Å². The maximum atomic E-state index is 10.8. The summed E-state index contributed by atoms with van der Waals surface area (Å²) in [6, 6.07) is 8.07. The summed E-state index contributed by atoms with van der Waals surface area (Å²) in [5.41, 5.74) is 1.91. The maximum absolute atomic E-state index is 10.8. The third-order valence-electron chi connectivity index (χ3n) is 4.30. The highest BCUT2D eigenvalue weighted by atomic mass is 32.2. The SMILES string of the molecule is CC(=O)COCCOCCn1cc(COc2ccc(N(C)SCCC(C)C)cc2)nn1. The predicted octanol–water partition coefficient (Wildman–Crippen LogP) is 3.61. The second-order valence-electron chi connectivity index (χ2n) is 7.64. The van der Waals surface area contributed by atoms with E-state index in [0.29, 0.717) is 33.0 Å². The van der Waals surface area contributed by atoms with Crippen LogP contribution in [-0.2, 0) is 27.4 Å². The lowest BCUT2D eigenvalue weighted by atomic mass is 10.2. The summed E-state index contributed by atoms with van der Waals surface area (Å²) in [5.74, 6) is 2.64. The van der Waals surface area contributed by atoms with Gasteiger partial charge in [0.05, 0.1) is 32.6 Å². The zero-order chi connectivity index (χ0) is 22.5. The van der Waals surface area contributed by atoms with Crippen molar-refractivity contribution in [3.05, 3.63) is 36.2 Å². The first-order chi connectivity index (χ1) is 14.9. The fourth-order valence-electron chi connectivity index (χ4n) is 2.52. The fourth-order valence-corrected chi connectivity index (χ4v) is 3.64. The second kappa shape index (κ2) is 14.1. The normalized spacial score (nSPS) is 11.1. The van der Waals surface area contributed by atoms with Crippen LogP contribution in [0.2, 0.25) is 0 Å². The van der Waals surface area contributed by atoms with E-state index in [-0.39, 0.29) is 12.4 Å². The summed E-state index contributed by atoms with van der Waals surface area (Å²) in [5, 5.41) is 8.22. The lowest BCUT2D eigenvalue weighted by Gasteiger charge is -2.18. The number of nitrogens with zero attached hydrogens (tertiary/aromatic N) is 4. The minimum absolute atomic E-state index is 0.0109. The highest BCUT2D eigenvalue weighted by Crippen LogP contribution is 2.24. The van der Waals surface area contributed by atoms with Crippen molar-refractivity contribution < 1.29 is 19.0 Å². The van der Waals surface area contributed by atoms with Crippen LogP contribution in [-0.4, -0.2) is 60.0 Å². The van der Waals surface area contributed by atoms with E-state index >= 15 is 0 Å². The van der Waals surface area contributed by atoms with Crippen LogP contribution in [0.1, 0.15) is 32.9 Å². The molecule has 0 fully saturated rings. The summed E-state index contributed by atoms with van der Waals surface area (Å²) in [7, 11) is 2.09. The first-order valence-corrected chi connectivity index (χ1v) is 11.5. The van der Waals surface area contributed by atoms with Gasteiger partial charge < -0.3 is 18.5 Å². The molecule has 0 bridgehead atoms. The Morgan fingerprint density at radius 3 is 2.61 bits per heavy atom. The number of carbonyl (C=O) groups is 1. The van der Waals surface area contributed by atoms with Crippen LogP contribution in [0.25, 0.3) is 0 Å². The zero-order valence-corrected chi connectivity index (χ0v) is 19.8. The number of hydrogen-bond acceptors (Lipinski definition) is 8. The summed E-state index contributed by atoms with van der Waals surface area (Å²) in [6.07, 6.45) is 3.06. The molecule has 0 aliphatic heterocycles. The molecule has 2 rings (SSSR count). The molecule has 2 aromatic rings. The van der Waals surface area contributed by atoms with Crippen molar-refractivity contribution in [2.45, 2.75) is 40.3 Å². The molecule has 0 aliphatic rings. The van der Waals surface area contributed by atoms with E-state index in [1.54, 1.807) is 4.68 Å². The molecular weight excluding hydrogens is 416 g/mol. The van der Waals surface area contributed by atoms with Crippen LogP contribution in [0.3, 0.4) is 0 Å². The minimum atomic E-state index is 0.0109. The number of ketones is 1. The summed E-state index contributed by atoms with van der Waals surface area (Å²) in [4.78, 5) is 10.8. The van der Waals surface area contributed by atoms with E-state index in [9.17, 15) is 4.79 Å². The van der Waals surface area contributed by atoms with Crippen LogP contribution in [0.4, 0.5) is 5.69 Å². The average Bonchev–Trinajstić information content (AvgIpc) is 3.19. The Bertz CT molecular complexity index is 767. The molecule has 0 saturated carbocycles. The fraction of sp³-hybridized carbons (Fsp3) is 0.591. The minimum Gasteiger partial charge on any atom is -0.487 e. The Morgan fingerprint density at radius 1 is 1.16 bits per heavy atom. The van der Waals surface area contributed by atoms with Crippen molar-refractivity contribution in [1.82, 2.24) is 15.0 Å². The number of benzene rings is 1. The summed E-state index contributed by atoms with van der Waals surface area (Å²) < 4.78 is 20.3. The zero-order valence-electron chi connectivity index (χ0n) is 19.0. The van der Waals surface area contributed by atoms with Crippen molar-refractivity contribution in [3.8, 4) is 5.75 Å². The van der Waals surface area contributed by atoms with Crippen molar-refractivity contribution in [2.75, 3.05) is 43.5 Å². The van der Waals surface area contributed by atoms with Crippen LogP contribution in [0.5, 0.6) is 5.75 Å². The lowest BCUT2D eigenvalue weighted by molar-refractivity contribution is -0.121. The van der Waals surface area contributed by atoms with Gasteiger partial charge in [0, 0.05) is 18.5 Å². The average molecular weight is 451 g/mol. The Kier molecular flexibility index (Phi) is 11.4. The molecule has 0 atom stereocenters. The van der Waals surface area contributed by atoms with Gasteiger partial charge in [-0.2, -0.15) is 0 Å². The molecule has 0 aliphatic carbocycles. The summed E-state index contributed by atoms with van der Waals surface area (Å²) >= 11 is 1.83. The largest absolute Gasteiger partial charge is 0.487 e. The molecule has 0 saturated heterocycles. The monoisotopic (exact) mass is 450 g/mol. The van der Waals surface area contributed by atoms with Crippen molar-refractivity contribution >= 4 is 23.4 Å². The third kappa shape index (κ3) is 10.7. The van der Waals surface area contributed by atoms with E-state index in [0.717, 1.165) is 28.8 Å². The van der Waals surface area contributed by atoms with Gasteiger partial charge in [0.2, 0.25) is 0 Å². The smallest absolute Gasteiger partial charge is 0.155 e. The van der Waals surface area contributed by atoms with Gasteiger partial charge in [0.25, 0.3) is 0 Å². The molecule has 0 spiro atoms. The Labute approximate surface area is 189 Å². The van der Waals surface area contributed by atoms with E-state index in [1.807, 2.05) is 30.3 Å². The van der Waals surface area contributed by atoms with Crippen LogP contribution in [0, 0.1) is 5.92 Å². The topological polar surface area (TPSA) is 78.7 Å². The van der Waals surface area contributed by atoms with Gasteiger partial charge in [-0.25, -0.2) is 4.68 Å². The van der Waals surface area contributed by atoms with Crippen LogP contribution < -0.4 is 9.04 Å². The van der Waals surface area contributed by atoms with Gasteiger partial charge in [-0.05, 0) is 43.5 Å². The standard InChI is InChI=1S/C22H34N4O4S/c1-18(2)9-14-31-25(4)21-5-7-22(8-6-21)30-17-20-15-26(24-23-20)10-11-28-12-13-29-16-19(3)27/h5-8,15,18H,9-14,16-17H2,1-4H3. The molecule has 172 valence electrons. The number of rotatable bonds is 16. The number of hydrogen-bond donors (Lipinski definition) is 0. The van der Waals surface area contributed by atoms with Crippen LogP contribution in [0.15, 0.2) is 30.5 Å². The van der Waals surface area contributed by atoms with E-state index in [4.69, 9.17) is 14.2 Å². The second-order valence-corrected chi connectivity index (χ2v) is 8.85. The lowest BCUT2D eigenvalue weighted by Crippen LogP contribution is -2.12. The van der Waals surface area contributed by atoms with E-state index < -0.39 is 0 Å². The third-order valence-corrected chi connectivity index (χ3v) is 5.31. The van der Waals surface area contributed by atoms with Crippen molar-refractivity contribution in [3.63, 3.8) is 0 Å². The Morgan fingerprint density at radius 2 is 1.90 bits per heavy atom. The highest BCUT2D eigenvalue weighted by molar-refractivity contribution is 8.00. The van der Waals surface area contributed by atoms with Gasteiger partial charge in [0.15, 0.2) is 5.78 Å². The molecule has 0 N–H and O–H groups in total. The molecule has 8 nitrogen and oxygen atoms in total. The molecule has 0 unspecified atom stereocenters. The first kappa shape index (κ1) is 25.2. The van der Waals surface area contributed by atoms with Gasteiger partial charge in [0.1, 0.15) is 24.7 Å². The number of Topliss-reactive ketones (excluding diaryl/α,β-unsaturated/α-hetero) is 1. The quantitative estimate of drug-likeness (QED) is 0.283. The van der Waals surface area contributed by atoms with Gasteiger partial charge in [-0.1, -0.05) is 31.0 Å². The van der Waals surface area contributed by atoms with E-state index in [1.165, 1.54) is 13.3 Å². The van der Waals surface area contributed by atoms with Crippen LogP contribution >= 0.6 is 11.9 Å². The molecule has 0 radical (unpaired) electrons. The molecule has 1 aromatic heterocycles. The molecular formula is C22H34N4O4S. The van der Waals surface area contributed by atoms with Gasteiger partial charge in [-0.3, -0.25) is 4.79 Å². The van der Waals surface area contributed by atoms with Crippen molar-refractivity contribution in [1.29, 1.82) is 0 Å². The van der Waals surface area contributed by atoms with Gasteiger partial charge in [-0.15, -0.1) is 5.10 Å². The van der Waals surface area contributed by atoms with Crippen molar-refractivity contribution in [2.24, 2.45) is 5.92 Å². The summed E-state index contributed by atoms with van der Waals surface area (Å²) in [6.45, 7) is 8.41. The number of ether oxygens (including phenoxy) is 3. The maximum Gasteiger partial charge on any atom is 0.155 e. The Balaban J connectivity index is 1.64. The molecule has 0 amide bonds. The molecule has 1 aromatic carbocycles. The predicted molar refractivity (Wildman–Crippen MR) is 123 cm³/mol. The molecule has 1 heterocycles. The van der Waals surface area contributed by atoms with Gasteiger partial charge >= 0.3 is 0 Å². The molecule has 9 heteroatoms. The molecule has 31 heavy (non-hydrogen) atoms. The number of carbonyl (C=O) groups excluding carboxylic acids is 1.